The van der Waals surface area contributed by atoms with Gasteiger partial charge in [-0.1, -0.05) is 30.3 Å². The lowest BCUT2D eigenvalue weighted by Gasteiger charge is -2.27. The van der Waals surface area contributed by atoms with Crippen molar-refractivity contribution in [3.8, 4) is 0 Å². The number of hydrogen-bond acceptors (Lipinski definition) is 6. The van der Waals surface area contributed by atoms with Gasteiger partial charge in [0.05, 0.1) is 18.1 Å². The summed E-state index contributed by atoms with van der Waals surface area (Å²) in [4.78, 5) is 35.6. The first-order valence-electron chi connectivity index (χ1n) is 8.22. The molecule has 0 aromatic heterocycles. The predicted molar refractivity (Wildman–Crippen MR) is 91.9 cm³/mol. The van der Waals surface area contributed by atoms with Gasteiger partial charge in [-0.2, -0.15) is 0 Å². The van der Waals surface area contributed by atoms with Crippen LogP contribution in [0.25, 0.3) is 0 Å². The van der Waals surface area contributed by atoms with Crippen molar-refractivity contribution in [2.24, 2.45) is 0 Å². The van der Waals surface area contributed by atoms with Crippen LogP contribution in [-0.2, 0) is 20.7 Å². The SMILES string of the molecule is CC(O)C(NC(=O)C(Cc1ccccc1)NC(=O)OC(C)(C)C)C(=O)[O-]. The summed E-state index contributed by atoms with van der Waals surface area (Å²) in [6.45, 7) is 6.25. The van der Waals surface area contributed by atoms with Crippen LogP contribution in [-0.4, -0.2) is 46.9 Å². The third-order valence-corrected chi connectivity index (χ3v) is 3.32. The number of nitrogens with one attached hydrogen (secondary N) is 2. The van der Waals surface area contributed by atoms with E-state index in [0.717, 1.165) is 5.56 Å². The molecule has 0 radical (unpaired) electrons. The van der Waals surface area contributed by atoms with Crippen LogP contribution in [0.2, 0.25) is 0 Å². The number of ether oxygens (including phenoxy) is 1. The molecule has 0 heterocycles. The van der Waals surface area contributed by atoms with E-state index >= 15 is 0 Å². The Balaban J connectivity index is 2.93. The van der Waals surface area contributed by atoms with Gasteiger partial charge in [-0.05, 0) is 33.3 Å². The maximum Gasteiger partial charge on any atom is 0.408 e. The highest BCUT2D eigenvalue weighted by Crippen LogP contribution is 2.09. The van der Waals surface area contributed by atoms with E-state index in [9.17, 15) is 24.6 Å². The number of carbonyl (C=O) groups is 3. The Morgan fingerprint density at radius 3 is 2.19 bits per heavy atom. The molecule has 0 aliphatic carbocycles. The summed E-state index contributed by atoms with van der Waals surface area (Å²) in [7, 11) is 0. The van der Waals surface area contributed by atoms with E-state index in [4.69, 9.17) is 4.74 Å². The van der Waals surface area contributed by atoms with Crippen LogP contribution in [0.1, 0.15) is 33.3 Å². The molecule has 0 bridgehead atoms. The number of carbonyl (C=O) groups excluding carboxylic acids is 3. The van der Waals surface area contributed by atoms with Crippen molar-refractivity contribution in [2.75, 3.05) is 0 Å². The molecule has 8 nitrogen and oxygen atoms in total. The van der Waals surface area contributed by atoms with Gasteiger partial charge in [-0.25, -0.2) is 4.79 Å². The molecule has 3 N–H and O–H groups in total. The summed E-state index contributed by atoms with van der Waals surface area (Å²) in [5.74, 6) is -2.39. The second kappa shape index (κ2) is 9.19. The zero-order valence-corrected chi connectivity index (χ0v) is 15.3. The number of carboxylic acids is 1. The number of aliphatic hydroxyl groups is 1. The average molecular weight is 365 g/mol. The lowest BCUT2D eigenvalue weighted by atomic mass is 10.0. The fraction of sp³-hybridized carbons (Fsp3) is 0.500. The molecule has 1 aromatic carbocycles. The third kappa shape index (κ3) is 7.52. The number of alkyl carbamates (subject to hydrolysis) is 1. The van der Waals surface area contributed by atoms with Gasteiger partial charge in [-0.3, -0.25) is 4.79 Å². The largest absolute Gasteiger partial charge is 0.548 e. The molecule has 0 spiro atoms. The average Bonchev–Trinajstić information content (AvgIpc) is 2.50. The zero-order valence-electron chi connectivity index (χ0n) is 15.3. The number of hydrogen-bond donors (Lipinski definition) is 3. The van der Waals surface area contributed by atoms with Crippen LogP contribution in [0, 0.1) is 0 Å². The smallest absolute Gasteiger partial charge is 0.408 e. The van der Waals surface area contributed by atoms with Crippen LogP contribution >= 0.6 is 0 Å². The molecule has 1 aromatic rings. The van der Waals surface area contributed by atoms with E-state index in [-0.39, 0.29) is 6.42 Å². The minimum atomic E-state index is -1.62. The highest BCUT2D eigenvalue weighted by atomic mass is 16.6. The topological polar surface area (TPSA) is 128 Å². The van der Waals surface area contributed by atoms with E-state index in [2.05, 4.69) is 10.6 Å². The highest BCUT2D eigenvalue weighted by Gasteiger charge is 2.28. The van der Waals surface area contributed by atoms with E-state index < -0.39 is 41.8 Å². The number of amides is 2. The van der Waals surface area contributed by atoms with E-state index in [0.29, 0.717) is 0 Å². The van der Waals surface area contributed by atoms with Gasteiger partial charge in [0, 0.05) is 6.42 Å². The first kappa shape index (κ1) is 21.4. The van der Waals surface area contributed by atoms with E-state index in [1.54, 1.807) is 51.1 Å². The molecule has 0 fully saturated rings. The molecule has 26 heavy (non-hydrogen) atoms. The van der Waals surface area contributed by atoms with Crippen molar-refractivity contribution in [3.05, 3.63) is 35.9 Å². The standard InChI is InChI=1S/C18H26N2O6/c1-11(21)14(16(23)24)20-15(22)13(10-12-8-6-5-7-9-12)19-17(25)26-18(2,3)4/h5-9,11,13-14,21H,10H2,1-4H3,(H,19,25)(H,20,22)(H,23,24)/p-1. The van der Waals surface area contributed by atoms with Gasteiger partial charge in [0.25, 0.3) is 0 Å². The number of rotatable bonds is 7. The monoisotopic (exact) mass is 365 g/mol. The first-order chi connectivity index (χ1) is 12.0. The minimum Gasteiger partial charge on any atom is -0.548 e. The third-order valence-electron chi connectivity index (χ3n) is 3.32. The summed E-state index contributed by atoms with van der Waals surface area (Å²) in [5.41, 5.74) is -0.00361. The lowest BCUT2D eigenvalue weighted by molar-refractivity contribution is -0.310. The maximum absolute atomic E-state index is 12.5. The summed E-state index contributed by atoms with van der Waals surface area (Å²) >= 11 is 0. The van der Waals surface area contributed by atoms with Crippen LogP contribution in [0.15, 0.2) is 30.3 Å². The zero-order chi connectivity index (χ0) is 19.9. The molecule has 3 unspecified atom stereocenters. The van der Waals surface area contributed by atoms with Gasteiger partial charge in [0.1, 0.15) is 11.6 Å². The molecular formula is C18H25N2O6-. The van der Waals surface area contributed by atoms with Gasteiger partial charge < -0.3 is 30.4 Å². The lowest BCUT2D eigenvalue weighted by Crippen LogP contribution is -2.58. The first-order valence-corrected chi connectivity index (χ1v) is 8.22. The summed E-state index contributed by atoms with van der Waals surface area (Å²) in [6.07, 6.45) is -2.05. The Labute approximate surface area is 152 Å². The highest BCUT2D eigenvalue weighted by molar-refractivity contribution is 5.89. The molecule has 0 aliphatic rings. The molecular weight excluding hydrogens is 340 g/mol. The minimum absolute atomic E-state index is 0.117. The van der Waals surface area contributed by atoms with Crippen LogP contribution in [0.4, 0.5) is 4.79 Å². The van der Waals surface area contributed by atoms with E-state index in [1.165, 1.54) is 6.92 Å². The number of aliphatic hydroxyl groups excluding tert-OH is 1. The second-order valence-corrected chi connectivity index (χ2v) is 6.93. The molecule has 3 atom stereocenters. The molecule has 0 aliphatic heterocycles. The van der Waals surface area contributed by atoms with Crippen molar-refractivity contribution < 1.29 is 29.3 Å². The fourth-order valence-electron chi connectivity index (χ4n) is 2.14. The molecule has 0 saturated carbocycles. The Morgan fingerprint density at radius 1 is 1.15 bits per heavy atom. The summed E-state index contributed by atoms with van der Waals surface area (Å²) in [5, 5.41) is 25.2. The van der Waals surface area contributed by atoms with Crippen LogP contribution < -0.4 is 15.7 Å². The van der Waals surface area contributed by atoms with E-state index in [1.807, 2.05) is 0 Å². The van der Waals surface area contributed by atoms with Gasteiger partial charge in [0.15, 0.2) is 0 Å². The quantitative estimate of drug-likeness (QED) is 0.611. The molecule has 1 rings (SSSR count). The van der Waals surface area contributed by atoms with Crippen molar-refractivity contribution in [1.29, 1.82) is 0 Å². The maximum atomic E-state index is 12.5. The Morgan fingerprint density at radius 2 is 1.73 bits per heavy atom. The van der Waals surface area contributed by atoms with Crippen LogP contribution in [0.3, 0.4) is 0 Å². The Bertz CT molecular complexity index is 624. The van der Waals surface area contributed by atoms with Gasteiger partial charge >= 0.3 is 6.09 Å². The van der Waals surface area contributed by atoms with Crippen LogP contribution in [0.5, 0.6) is 0 Å². The molecule has 2 amide bonds. The molecule has 144 valence electrons. The Hall–Kier alpha value is -2.61. The second-order valence-electron chi connectivity index (χ2n) is 6.93. The molecule has 8 heteroatoms. The number of carboxylic acid groups (broad SMARTS) is 1. The predicted octanol–water partition coefficient (Wildman–Crippen LogP) is -0.262. The van der Waals surface area contributed by atoms with Crippen molar-refractivity contribution in [2.45, 2.75) is 57.9 Å². The van der Waals surface area contributed by atoms with Crippen molar-refractivity contribution in [1.82, 2.24) is 10.6 Å². The summed E-state index contributed by atoms with van der Waals surface area (Å²) in [6, 6.07) is 6.20. The van der Waals surface area contributed by atoms with Gasteiger partial charge in [-0.15, -0.1) is 0 Å². The van der Waals surface area contributed by atoms with Crippen molar-refractivity contribution >= 4 is 18.0 Å². The Kier molecular flexibility index (Phi) is 7.57. The number of benzene rings is 1. The normalized spacial score (nSPS) is 14.7. The molecule has 0 saturated heterocycles. The number of aliphatic carboxylic acids is 1. The van der Waals surface area contributed by atoms with Gasteiger partial charge in [0.2, 0.25) is 5.91 Å². The van der Waals surface area contributed by atoms with Crippen molar-refractivity contribution in [3.63, 3.8) is 0 Å². The summed E-state index contributed by atoms with van der Waals surface area (Å²) < 4.78 is 5.15. The fourth-order valence-corrected chi connectivity index (χ4v) is 2.14.